The zero-order valence-electron chi connectivity index (χ0n) is 15.8. The fourth-order valence-electron chi connectivity index (χ4n) is 3.76. The molecule has 1 fully saturated rings. The first kappa shape index (κ1) is 19.2. The van der Waals surface area contributed by atoms with E-state index in [-0.39, 0.29) is 23.5 Å². The third-order valence-corrected chi connectivity index (χ3v) is 5.70. The van der Waals surface area contributed by atoms with E-state index < -0.39 is 5.41 Å². The number of anilines is 1. The van der Waals surface area contributed by atoms with E-state index >= 15 is 0 Å². The molecule has 2 heterocycles. The number of hydrogen-bond acceptors (Lipinski definition) is 4. The summed E-state index contributed by atoms with van der Waals surface area (Å²) < 4.78 is 5.58. The molecular weight excluding hydrogens is 392 g/mol. The highest BCUT2D eigenvalue weighted by atomic mass is 35.5. The third kappa shape index (κ3) is 3.51. The number of amides is 3. The zero-order chi connectivity index (χ0) is 20.6. The summed E-state index contributed by atoms with van der Waals surface area (Å²) in [5, 5.41) is 6.55. The Morgan fingerprint density at radius 3 is 2.62 bits per heavy atom. The van der Waals surface area contributed by atoms with Gasteiger partial charge in [0, 0.05) is 22.5 Å². The summed E-state index contributed by atoms with van der Waals surface area (Å²) in [6.45, 7) is 1.93. The molecule has 3 amide bonds. The van der Waals surface area contributed by atoms with Crippen LogP contribution in [0.25, 0.3) is 11.0 Å². The first-order valence-electron chi connectivity index (χ1n) is 9.36. The van der Waals surface area contributed by atoms with Crippen LogP contribution in [0, 0.1) is 0 Å². The third-order valence-electron chi connectivity index (χ3n) is 5.47. The fourth-order valence-corrected chi connectivity index (χ4v) is 3.94. The highest BCUT2D eigenvalue weighted by Crippen LogP contribution is 2.36. The molecule has 0 aliphatic carbocycles. The lowest BCUT2D eigenvalue weighted by atomic mass is 9.72. The van der Waals surface area contributed by atoms with E-state index in [2.05, 4.69) is 10.6 Å². The molecule has 1 aliphatic rings. The molecule has 6 nitrogen and oxygen atoms in total. The number of rotatable bonds is 4. The summed E-state index contributed by atoms with van der Waals surface area (Å²) in [4.78, 5) is 36.5. The zero-order valence-corrected chi connectivity index (χ0v) is 16.5. The second-order valence-electron chi connectivity index (χ2n) is 7.14. The second-order valence-corrected chi connectivity index (χ2v) is 7.57. The van der Waals surface area contributed by atoms with Crippen molar-refractivity contribution in [1.29, 1.82) is 0 Å². The van der Waals surface area contributed by atoms with Crippen LogP contribution in [0.5, 0.6) is 0 Å². The van der Waals surface area contributed by atoms with Crippen LogP contribution < -0.4 is 10.6 Å². The first-order valence-corrected chi connectivity index (χ1v) is 9.74. The van der Waals surface area contributed by atoms with Crippen molar-refractivity contribution >= 4 is 46.0 Å². The molecule has 0 spiro atoms. The number of carbonyl (C=O) groups excluding carboxylic acids is 3. The Balaban J connectivity index is 1.53. The maximum absolute atomic E-state index is 12.5. The lowest BCUT2D eigenvalue weighted by Gasteiger charge is -2.35. The summed E-state index contributed by atoms with van der Waals surface area (Å²) >= 11 is 5.97. The lowest BCUT2D eigenvalue weighted by molar-refractivity contribution is -0.138. The van der Waals surface area contributed by atoms with Crippen LogP contribution in [0.1, 0.15) is 42.3 Å². The molecule has 4 rings (SSSR count). The molecule has 0 bridgehead atoms. The molecule has 29 heavy (non-hydrogen) atoms. The molecule has 0 unspecified atom stereocenters. The van der Waals surface area contributed by atoms with Crippen LogP contribution in [0.15, 0.2) is 52.9 Å². The number of furan rings is 1. The van der Waals surface area contributed by atoms with Gasteiger partial charge in [-0.15, -0.1) is 0 Å². The number of hydrogen-bond donors (Lipinski definition) is 2. The summed E-state index contributed by atoms with van der Waals surface area (Å²) in [5.41, 5.74) is 1.25. The molecular formula is C22H19ClN2O4. The van der Waals surface area contributed by atoms with E-state index in [1.807, 2.05) is 19.1 Å². The van der Waals surface area contributed by atoms with Gasteiger partial charge in [0.25, 0.3) is 5.91 Å². The van der Waals surface area contributed by atoms with Crippen molar-refractivity contribution in [2.24, 2.45) is 0 Å². The van der Waals surface area contributed by atoms with Gasteiger partial charge in [-0.05, 0) is 54.8 Å². The van der Waals surface area contributed by atoms with E-state index in [0.717, 1.165) is 10.9 Å². The number of piperidine rings is 1. The van der Waals surface area contributed by atoms with Crippen molar-refractivity contribution in [2.75, 3.05) is 5.32 Å². The highest BCUT2D eigenvalue weighted by molar-refractivity contribution is 6.31. The Kier molecular flexibility index (Phi) is 4.88. The predicted octanol–water partition coefficient (Wildman–Crippen LogP) is 4.42. The largest absolute Gasteiger partial charge is 0.451 e. The minimum Gasteiger partial charge on any atom is -0.451 e. The normalized spacial score (nSPS) is 19.2. The van der Waals surface area contributed by atoms with Crippen LogP contribution in [-0.2, 0) is 15.0 Å². The minimum absolute atomic E-state index is 0.182. The van der Waals surface area contributed by atoms with Crippen LogP contribution in [0.4, 0.5) is 5.69 Å². The molecule has 7 heteroatoms. The summed E-state index contributed by atoms with van der Waals surface area (Å²) in [6, 6.07) is 13.9. The smallest absolute Gasteiger partial charge is 0.291 e. The molecule has 0 saturated carbocycles. The van der Waals surface area contributed by atoms with Crippen LogP contribution in [0.3, 0.4) is 0 Å². The summed E-state index contributed by atoms with van der Waals surface area (Å²) in [5.74, 6) is -0.707. The van der Waals surface area contributed by atoms with Gasteiger partial charge in [0.2, 0.25) is 11.8 Å². The van der Waals surface area contributed by atoms with Gasteiger partial charge < -0.3 is 9.73 Å². The SMILES string of the molecule is CC[C@]1(c2ccc(NC(=O)c3cc4cc(Cl)ccc4o3)cc2)CCC(=O)NC1=O. The molecule has 148 valence electrons. The second kappa shape index (κ2) is 7.37. The fraction of sp³-hybridized carbons (Fsp3) is 0.227. The minimum atomic E-state index is -0.728. The monoisotopic (exact) mass is 410 g/mol. The van der Waals surface area contributed by atoms with E-state index in [1.54, 1.807) is 36.4 Å². The standard InChI is InChI=1S/C22H19ClN2O4/c1-2-22(10-9-19(26)25-21(22)28)14-3-6-16(7-4-14)24-20(27)18-12-13-11-15(23)5-8-17(13)29-18/h3-8,11-12H,2,9-10H2,1H3,(H,24,27)(H,25,26,28)/t22-/m1/s1. The number of nitrogens with one attached hydrogen (secondary N) is 2. The summed E-state index contributed by atoms with van der Waals surface area (Å²) in [7, 11) is 0. The van der Waals surface area contributed by atoms with Gasteiger partial charge in [0.05, 0.1) is 5.41 Å². The number of imide groups is 1. The van der Waals surface area contributed by atoms with Crippen molar-refractivity contribution in [2.45, 2.75) is 31.6 Å². The molecule has 1 atom stereocenters. The van der Waals surface area contributed by atoms with Gasteiger partial charge in [0.15, 0.2) is 5.76 Å². The van der Waals surface area contributed by atoms with Crippen molar-refractivity contribution in [3.63, 3.8) is 0 Å². The van der Waals surface area contributed by atoms with Gasteiger partial charge >= 0.3 is 0 Å². The molecule has 2 N–H and O–H groups in total. The van der Waals surface area contributed by atoms with Gasteiger partial charge in [-0.3, -0.25) is 19.7 Å². The van der Waals surface area contributed by atoms with Crippen LogP contribution in [-0.4, -0.2) is 17.7 Å². The van der Waals surface area contributed by atoms with Crippen molar-refractivity contribution in [3.05, 3.63) is 64.9 Å². The molecule has 0 radical (unpaired) electrons. The van der Waals surface area contributed by atoms with Crippen LogP contribution in [0.2, 0.25) is 5.02 Å². The Hall–Kier alpha value is -3.12. The van der Waals surface area contributed by atoms with E-state index in [0.29, 0.717) is 35.6 Å². The first-order chi connectivity index (χ1) is 13.9. The topological polar surface area (TPSA) is 88.4 Å². The van der Waals surface area contributed by atoms with Crippen LogP contribution >= 0.6 is 11.6 Å². The predicted molar refractivity (Wildman–Crippen MR) is 110 cm³/mol. The molecule has 3 aromatic rings. The van der Waals surface area contributed by atoms with Crippen molar-refractivity contribution < 1.29 is 18.8 Å². The van der Waals surface area contributed by atoms with Gasteiger partial charge in [-0.1, -0.05) is 30.7 Å². The Labute approximate surface area is 172 Å². The summed E-state index contributed by atoms with van der Waals surface area (Å²) in [6.07, 6.45) is 1.37. The number of carbonyl (C=O) groups is 3. The maximum atomic E-state index is 12.5. The van der Waals surface area contributed by atoms with Gasteiger partial charge in [0.1, 0.15) is 5.58 Å². The average molecular weight is 411 g/mol. The Morgan fingerprint density at radius 1 is 1.17 bits per heavy atom. The quantitative estimate of drug-likeness (QED) is 0.623. The number of fused-ring (bicyclic) bond motifs is 1. The van der Waals surface area contributed by atoms with E-state index in [4.69, 9.17) is 16.0 Å². The highest BCUT2D eigenvalue weighted by Gasteiger charge is 2.42. The maximum Gasteiger partial charge on any atom is 0.291 e. The van der Waals surface area contributed by atoms with E-state index in [9.17, 15) is 14.4 Å². The van der Waals surface area contributed by atoms with Gasteiger partial charge in [-0.2, -0.15) is 0 Å². The van der Waals surface area contributed by atoms with Gasteiger partial charge in [-0.25, -0.2) is 0 Å². The molecule has 1 aliphatic heterocycles. The lowest BCUT2D eigenvalue weighted by Crippen LogP contribution is -2.51. The molecule has 2 aromatic carbocycles. The number of benzene rings is 2. The average Bonchev–Trinajstić information content (AvgIpc) is 3.13. The number of halogens is 1. The molecule has 1 saturated heterocycles. The Morgan fingerprint density at radius 2 is 1.93 bits per heavy atom. The van der Waals surface area contributed by atoms with Crippen molar-refractivity contribution in [3.8, 4) is 0 Å². The Bertz CT molecular complexity index is 1120. The van der Waals surface area contributed by atoms with E-state index in [1.165, 1.54) is 0 Å². The molecule has 1 aromatic heterocycles. The van der Waals surface area contributed by atoms with Crippen molar-refractivity contribution in [1.82, 2.24) is 5.32 Å².